The minimum atomic E-state index is -0.458. The van der Waals surface area contributed by atoms with Crippen LogP contribution in [0.25, 0.3) is 11.1 Å². The first-order chi connectivity index (χ1) is 9.15. The van der Waals surface area contributed by atoms with E-state index in [4.69, 9.17) is 10.00 Å². The molecule has 2 aromatic rings. The van der Waals surface area contributed by atoms with Crippen molar-refractivity contribution in [2.24, 2.45) is 0 Å². The lowest BCUT2D eigenvalue weighted by molar-refractivity contribution is 0.340. The van der Waals surface area contributed by atoms with Crippen molar-refractivity contribution in [1.82, 2.24) is 4.98 Å². The molecule has 1 heterocycles. The van der Waals surface area contributed by atoms with Crippen LogP contribution in [0.3, 0.4) is 0 Å². The van der Waals surface area contributed by atoms with E-state index in [1.54, 1.807) is 24.3 Å². The third kappa shape index (κ3) is 2.58. The number of H-pyrrole nitrogens is 1. The van der Waals surface area contributed by atoms with Gasteiger partial charge >= 0.3 is 0 Å². The normalized spacial score (nSPS) is 9.89. The van der Waals surface area contributed by atoms with E-state index in [1.165, 1.54) is 6.07 Å². The maximum absolute atomic E-state index is 11.4. The van der Waals surface area contributed by atoms with E-state index in [0.717, 1.165) is 0 Å². The molecule has 5 nitrogen and oxygen atoms in total. The van der Waals surface area contributed by atoms with Gasteiger partial charge in [0.25, 0.3) is 5.56 Å². The molecule has 5 heteroatoms. The lowest BCUT2D eigenvalue weighted by atomic mass is 10.0. The van der Waals surface area contributed by atoms with Gasteiger partial charge < -0.3 is 9.84 Å². The zero-order valence-corrected chi connectivity index (χ0v) is 10.3. The van der Waals surface area contributed by atoms with E-state index in [2.05, 4.69) is 4.98 Å². The van der Waals surface area contributed by atoms with Crippen molar-refractivity contribution in [1.29, 1.82) is 5.26 Å². The van der Waals surface area contributed by atoms with E-state index >= 15 is 0 Å². The monoisotopic (exact) mass is 256 g/mol. The van der Waals surface area contributed by atoms with Crippen LogP contribution in [0, 0.1) is 11.3 Å². The second-order valence-electron chi connectivity index (χ2n) is 3.84. The van der Waals surface area contributed by atoms with Crippen LogP contribution >= 0.6 is 0 Å². The number of nitrogens with zero attached hydrogens (tertiary/aromatic N) is 1. The molecule has 2 N–H and O–H groups in total. The number of nitrogens with one attached hydrogen (secondary N) is 1. The Morgan fingerprint density at radius 2 is 2.05 bits per heavy atom. The summed E-state index contributed by atoms with van der Waals surface area (Å²) in [6, 6.07) is 10.1. The Balaban J connectivity index is 2.53. The van der Waals surface area contributed by atoms with Crippen LogP contribution in [0.15, 0.2) is 35.1 Å². The Labute approximate surface area is 109 Å². The highest BCUT2D eigenvalue weighted by Crippen LogP contribution is 2.27. The summed E-state index contributed by atoms with van der Waals surface area (Å²) in [5, 5.41) is 18.6. The van der Waals surface area contributed by atoms with Gasteiger partial charge in [-0.2, -0.15) is 5.26 Å². The van der Waals surface area contributed by atoms with Crippen molar-refractivity contribution in [2.75, 3.05) is 6.61 Å². The standard InChI is InChI=1S/C14H12N2O3/c1-2-19-10-5-3-9(4-6-10)11-7-13(17)16-14(18)12(11)8-15/h3-7H,2H2,1H3,(H2,16,17,18). The molecule has 0 aliphatic carbocycles. The minimum absolute atomic E-state index is 0.0451. The van der Waals surface area contributed by atoms with Crippen LogP contribution in [-0.2, 0) is 0 Å². The van der Waals surface area contributed by atoms with Crippen molar-refractivity contribution in [3.63, 3.8) is 0 Å². The van der Waals surface area contributed by atoms with Gasteiger partial charge in [-0.05, 0) is 24.6 Å². The molecule has 0 unspecified atom stereocenters. The molecule has 0 spiro atoms. The van der Waals surface area contributed by atoms with Gasteiger partial charge in [-0.3, -0.25) is 9.78 Å². The SMILES string of the molecule is CCOc1ccc(-c2cc(=O)[nH]c(O)c2C#N)cc1. The fraction of sp³-hybridized carbons (Fsp3) is 0.143. The molecule has 0 aliphatic heterocycles. The van der Waals surface area contributed by atoms with E-state index in [0.29, 0.717) is 23.5 Å². The summed E-state index contributed by atoms with van der Waals surface area (Å²) in [5.41, 5.74) is 0.650. The van der Waals surface area contributed by atoms with Gasteiger partial charge in [-0.15, -0.1) is 0 Å². The van der Waals surface area contributed by atoms with Crippen LogP contribution in [0.4, 0.5) is 0 Å². The second kappa shape index (κ2) is 5.27. The van der Waals surface area contributed by atoms with Crippen molar-refractivity contribution >= 4 is 0 Å². The van der Waals surface area contributed by atoms with E-state index in [9.17, 15) is 9.90 Å². The van der Waals surface area contributed by atoms with Gasteiger partial charge in [0.15, 0.2) is 0 Å². The van der Waals surface area contributed by atoms with Gasteiger partial charge in [0, 0.05) is 11.6 Å². The van der Waals surface area contributed by atoms with Gasteiger partial charge in [-0.1, -0.05) is 12.1 Å². The number of aromatic amines is 1. The molecular formula is C14H12N2O3. The quantitative estimate of drug-likeness (QED) is 0.879. The third-order valence-electron chi connectivity index (χ3n) is 2.61. The maximum Gasteiger partial charge on any atom is 0.251 e. The van der Waals surface area contributed by atoms with Crippen molar-refractivity contribution in [3.05, 3.63) is 46.2 Å². The fourth-order valence-electron chi connectivity index (χ4n) is 1.78. The molecule has 0 amide bonds. The summed E-state index contributed by atoms with van der Waals surface area (Å²) in [5.74, 6) is 0.290. The van der Waals surface area contributed by atoms with E-state index in [-0.39, 0.29) is 5.56 Å². The van der Waals surface area contributed by atoms with Gasteiger partial charge in [0.05, 0.1) is 6.61 Å². The minimum Gasteiger partial charge on any atom is -0.494 e. The summed E-state index contributed by atoms with van der Waals surface area (Å²) in [6.07, 6.45) is 0. The molecule has 1 aromatic carbocycles. The highest BCUT2D eigenvalue weighted by molar-refractivity contribution is 5.72. The number of pyridine rings is 1. The lowest BCUT2D eigenvalue weighted by Crippen LogP contribution is -2.06. The predicted octanol–water partition coefficient (Wildman–Crippen LogP) is 2.02. The second-order valence-corrected chi connectivity index (χ2v) is 3.84. The molecular weight excluding hydrogens is 244 g/mol. The highest BCUT2D eigenvalue weighted by atomic mass is 16.5. The summed E-state index contributed by atoms with van der Waals surface area (Å²) < 4.78 is 5.32. The Hall–Kier alpha value is -2.74. The number of nitriles is 1. The molecule has 1 aromatic heterocycles. The molecule has 0 saturated carbocycles. The third-order valence-corrected chi connectivity index (χ3v) is 2.61. The zero-order chi connectivity index (χ0) is 13.8. The van der Waals surface area contributed by atoms with Crippen molar-refractivity contribution < 1.29 is 9.84 Å². The topological polar surface area (TPSA) is 86.1 Å². The molecule has 0 atom stereocenters. The van der Waals surface area contributed by atoms with Gasteiger partial charge in [0.1, 0.15) is 17.4 Å². The van der Waals surface area contributed by atoms with Crippen LogP contribution < -0.4 is 10.3 Å². The molecule has 0 radical (unpaired) electrons. The maximum atomic E-state index is 11.4. The van der Waals surface area contributed by atoms with Crippen LogP contribution in [0.1, 0.15) is 12.5 Å². The molecule has 19 heavy (non-hydrogen) atoms. The average molecular weight is 256 g/mol. The molecule has 2 rings (SSSR count). The fourth-order valence-corrected chi connectivity index (χ4v) is 1.78. The smallest absolute Gasteiger partial charge is 0.251 e. The molecule has 0 fully saturated rings. The highest BCUT2D eigenvalue weighted by Gasteiger charge is 2.11. The zero-order valence-electron chi connectivity index (χ0n) is 10.3. The Morgan fingerprint density at radius 3 is 2.63 bits per heavy atom. The molecule has 0 bridgehead atoms. The summed E-state index contributed by atoms with van der Waals surface area (Å²) in [6.45, 7) is 2.45. The predicted molar refractivity (Wildman–Crippen MR) is 70.0 cm³/mol. The number of rotatable bonds is 3. The Morgan fingerprint density at radius 1 is 1.37 bits per heavy atom. The van der Waals surface area contributed by atoms with Crippen molar-refractivity contribution in [2.45, 2.75) is 6.92 Å². The first-order valence-electron chi connectivity index (χ1n) is 5.75. The number of aromatic nitrogens is 1. The number of hydrogen-bond donors (Lipinski definition) is 2. The Kier molecular flexibility index (Phi) is 3.53. The van der Waals surface area contributed by atoms with E-state index in [1.807, 2.05) is 13.0 Å². The molecule has 96 valence electrons. The van der Waals surface area contributed by atoms with Crippen LogP contribution in [-0.4, -0.2) is 16.7 Å². The summed E-state index contributed by atoms with van der Waals surface area (Å²) in [4.78, 5) is 13.6. The van der Waals surface area contributed by atoms with Gasteiger partial charge in [-0.25, -0.2) is 0 Å². The number of hydrogen-bond acceptors (Lipinski definition) is 4. The van der Waals surface area contributed by atoms with E-state index < -0.39 is 11.4 Å². The largest absolute Gasteiger partial charge is 0.494 e. The van der Waals surface area contributed by atoms with Crippen LogP contribution in [0.5, 0.6) is 11.6 Å². The first-order valence-corrected chi connectivity index (χ1v) is 5.75. The Bertz CT molecular complexity index is 681. The number of ether oxygens (including phenoxy) is 1. The van der Waals surface area contributed by atoms with Crippen molar-refractivity contribution in [3.8, 4) is 28.8 Å². The lowest BCUT2D eigenvalue weighted by Gasteiger charge is -2.07. The number of aromatic hydroxyl groups is 1. The molecule has 0 aliphatic rings. The van der Waals surface area contributed by atoms with Crippen LogP contribution in [0.2, 0.25) is 0 Å². The number of benzene rings is 1. The summed E-state index contributed by atoms with van der Waals surface area (Å²) in [7, 11) is 0. The average Bonchev–Trinajstić information content (AvgIpc) is 2.39. The molecule has 0 saturated heterocycles. The first kappa shape index (κ1) is 12.7. The van der Waals surface area contributed by atoms with Gasteiger partial charge in [0.2, 0.25) is 5.88 Å². The summed E-state index contributed by atoms with van der Waals surface area (Å²) >= 11 is 0.